The molecular weight excluding hydrogens is 398 g/mol. The van der Waals surface area contributed by atoms with E-state index in [4.69, 9.17) is 4.74 Å². The molecule has 158 valence electrons. The number of amidine groups is 2. The van der Waals surface area contributed by atoms with Gasteiger partial charge in [0.25, 0.3) is 0 Å². The normalized spacial score (nSPS) is 15.2. The number of H-pyrrole nitrogens is 1. The lowest BCUT2D eigenvalue weighted by molar-refractivity contribution is 0.482. The van der Waals surface area contributed by atoms with Crippen molar-refractivity contribution in [2.45, 2.75) is 0 Å². The maximum Gasteiger partial charge on any atom is 0.128 e. The van der Waals surface area contributed by atoms with E-state index in [9.17, 15) is 0 Å². The van der Waals surface area contributed by atoms with Gasteiger partial charge in [0, 0.05) is 40.8 Å². The maximum atomic E-state index is 6.09. The van der Waals surface area contributed by atoms with E-state index in [1.807, 2.05) is 36.4 Å². The molecule has 3 N–H and O–H groups in total. The molecule has 0 unspecified atom stereocenters. The van der Waals surface area contributed by atoms with Crippen LogP contribution in [0, 0.1) is 0 Å². The van der Waals surface area contributed by atoms with Gasteiger partial charge in [-0.2, -0.15) is 0 Å². The Morgan fingerprint density at radius 3 is 2.09 bits per heavy atom. The van der Waals surface area contributed by atoms with E-state index in [0.29, 0.717) is 0 Å². The Morgan fingerprint density at radius 2 is 1.38 bits per heavy atom. The topological polar surface area (TPSA) is 73.8 Å². The molecule has 0 amide bonds. The molecule has 3 aromatic carbocycles. The number of aromatic amines is 1. The van der Waals surface area contributed by atoms with Crippen molar-refractivity contribution in [3.05, 3.63) is 83.9 Å². The quantitative estimate of drug-likeness (QED) is 0.449. The first-order chi connectivity index (χ1) is 15.8. The number of nitrogens with zero attached hydrogens (tertiary/aromatic N) is 2. The fourth-order valence-electron chi connectivity index (χ4n) is 4.16. The first kappa shape index (κ1) is 18.7. The minimum Gasteiger partial charge on any atom is -0.457 e. The molecule has 0 saturated heterocycles. The molecule has 0 aliphatic carbocycles. The molecule has 6 nitrogen and oxygen atoms in total. The van der Waals surface area contributed by atoms with Gasteiger partial charge in [0.15, 0.2) is 0 Å². The van der Waals surface area contributed by atoms with Gasteiger partial charge in [0.1, 0.15) is 23.2 Å². The molecule has 6 heteroatoms. The maximum absolute atomic E-state index is 6.09. The summed E-state index contributed by atoms with van der Waals surface area (Å²) < 4.78 is 6.09. The summed E-state index contributed by atoms with van der Waals surface area (Å²) in [4.78, 5) is 12.5. The van der Waals surface area contributed by atoms with Crippen molar-refractivity contribution in [2.24, 2.45) is 9.98 Å². The molecule has 2 aliphatic rings. The van der Waals surface area contributed by atoms with Crippen LogP contribution in [0.4, 0.5) is 0 Å². The molecule has 0 bridgehead atoms. The van der Waals surface area contributed by atoms with E-state index in [-0.39, 0.29) is 0 Å². The number of benzene rings is 3. The number of nitrogens with one attached hydrogen (secondary N) is 3. The van der Waals surface area contributed by atoms with Crippen LogP contribution in [0.3, 0.4) is 0 Å². The highest BCUT2D eigenvalue weighted by molar-refractivity contribution is 6.03. The van der Waals surface area contributed by atoms with Crippen molar-refractivity contribution < 1.29 is 4.74 Å². The van der Waals surface area contributed by atoms with Crippen molar-refractivity contribution in [3.63, 3.8) is 0 Å². The summed E-state index contributed by atoms with van der Waals surface area (Å²) in [6, 6.07) is 24.8. The van der Waals surface area contributed by atoms with E-state index < -0.39 is 0 Å². The standard InChI is InChI=1S/C26H23N5O/c1-2-19(25-27-10-11-28-25)14-22(3-1)32-21-8-6-17(7-9-21)23-15-18-4-5-20(16-24(18)31-23)26-29-12-13-30-26/h1-9,14-16,31H,10-13H2,(H,27,28)(H,29,30). The second-order valence-corrected chi connectivity index (χ2v) is 7.95. The molecule has 4 aromatic rings. The minimum absolute atomic E-state index is 0.799. The van der Waals surface area contributed by atoms with Gasteiger partial charge in [0.2, 0.25) is 0 Å². The lowest BCUT2D eigenvalue weighted by Crippen LogP contribution is -2.19. The first-order valence-corrected chi connectivity index (χ1v) is 10.9. The summed E-state index contributed by atoms with van der Waals surface area (Å²) in [5.41, 5.74) is 5.47. The van der Waals surface area contributed by atoms with Crippen LogP contribution in [0.5, 0.6) is 11.5 Å². The Balaban J connectivity index is 1.22. The number of rotatable bonds is 5. The van der Waals surface area contributed by atoms with Crippen molar-refractivity contribution in [1.29, 1.82) is 0 Å². The highest BCUT2D eigenvalue weighted by atomic mass is 16.5. The van der Waals surface area contributed by atoms with Crippen LogP contribution in [-0.2, 0) is 0 Å². The van der Waals surface area contributed by atoms with Crippen LogP contribution in [0.2, 0.25) is 0 Å². The second kappa shape index (κ2) is 7.89. The predicted octanol–water partition coefficient (Wildman–Crippen LogP) is 4.33. The largest absolute Gasteiger partial charge is 0.457 e. The molecule has 0 spiro atoms. The van der Waals surface area contributed by atoms with Gasteiger partial charge in [-0.3, -0.25) is 9.98 Å². The SMILES string of the molecule is c1cc(Oc2ccc(-c3cc4ccc(C5=NCCN5)cc4[nH]3)cc2)cc(C2=NCCN2)c1. The van der Waals surface area contributed by atoms with Gasteiger partial charge in [-0.25, -0.2) is 0 Å². The number of aliphatic imine (C=N–C) groups is 2. The molecule has 32 heavy (non-hydrogen) atoms. The average molecular weight is 422 g/mol. The summed E-state index contributed by atoms with van der Waals surface area (Å²) >= 11 is 0. The van der Waals surface area contributed by atoms with Crippen molar-refractivity contribution in [1.82, 2.24) is 15.6 Å². The first-order valence-electron chi connectivity index (χ1n) is 10.9. The zero-order chi connectivity index (χ0) is 21.3. The third-order valence-electron chi connectivity index (χ3n) is 5.75. The van der Waals surface area contributed by atoms with Gasteiger partial charge in [-0.1, -0.05) is 24.3 Å². The van der Waals surface area contributed by atoms with Gasteiger partial charge >= 0.3 is 0 Å². The molecule has 2 aliphatic heterocycles. The number of hydrogen-bond acceptors (Lipinski definition) is 5. The van der Waals surface area contributed by atoms with Crippen LogP contribution < -0.4 is 15.4 Å². The van der Waals surface area contributed by atoms with E-state index in [2.05, 4.69) is 62.0 Å². The lowest BCUT2D eigenvalue weighted by atomic mass is 10.1. The fourth-order valence-corrected chi connectivity index (χ4v) is 4.16. The number of fused-ring (bicyclic) bond motifs is 1. The van der Waals surface area contributed by atoms with E-state index >= 15 is 0 Å². The van der Waals surface area contributed by atoms with Crippen LogP contribution in [0.25, 0.3) is 22.2 Å². The Hall–Kier alpha value is -4.06. The second-order valence-electron chi connectivity index (χ2n) is 7.95. The van der Waals surface area contributed by atoms with Gasteiger partial charge in [-0.05, 0) is 54.1 Å². The van der Waals surface area contributed by atoms with Crippen LogP contribution >= 0.6 is 0 Å². The van der Waals surface area contributed by atoms with E-state index in [1.165, 1.54) is 5.39 Å². The van der Waals surface area contributed by atoms with Gasteiger partial charge in [0.05, 0.1) is 13.1 Å². The molecule has 0 radical (unpaired) electrons. The molecule has 0 saturated carbocycles. The van der Waals surface area contributed by atoms with E-state index in [1.54, 1.807) is 0 Å². The lowest BCUT2D eigenvalue weighted by Gasteiger charge is -2.09. The Morgan fingerprint density at radius 1 is 0.656 bits per heavy atom. The molecular formula is C26H23N5O. The number of aromatic nitrogens is 1. The van der Waals surface area contributed by atoms with Crippen molar-refractivity contribution >= 4 is 22.6 Å². The number of hydrogen-bond donors (Lipinski definition) is 3. The summed E-state index contributed by atoms with van der Waals surface area (Å²) in [5.74, 6) is 3.51. The summed E-state index contributed by atoms with van der Waals surface area (Å²) in [7, 11) is 0. The molecule has 0 atom stereocenters. The minimum atomic E-state index is 0.799. The van der Waals surface area contributed by atoms with Crippen LogP contribution in [0.15, 0.2) is 82.8 Å². The predicted molar refractivity (Wildman–Crippen MR) is 129 cm³/mol. The number of ether oxygens (including phenoxy) is 1. The van der Waals surface area contributed by atoms with Crippen LogP contribution in [0.1, 0.15) is 11.1 Å². The van der Waals surface area contributed by atoms with Crippen molar-refractivity contribution in [3.8, 4) is 22.8 Å². The summed E-state index contributed by atoms with van der Waals surface area (Å²) in [5, 5.41) is 7.82. The zero-order valence-electron chi connectivity index (χ0n) is 17.6. The Bertz CT molecular complexity index is 1350. The molecule has 3 heterocycles. The summed E-state index contributed by atoms with van der Waals surface area (Å²) in [6.07, 6.45) is 0. The van der Waals surface area contributed by atoms with Crippen LogP contribution in [-0.4, -0.2) is 42.8 Å². The van der Waals surface area contributed by atoms with E-state index in [0.717, 1.165) is 77.3 Å². The highest BCUT2D eigenvalue weighted by Gasteiger charge is 2.11. The molecule has 1 aromatic heterocycles. The van der Waals surface area contributed by atoms with Crippen molar-refractivity contribution in [2.75, 3.05) is 26.2 Å². The van der Waals surface area contributed by atoms with Gasteiger partial charge in [-0.15, -0.1) is 0 Å². The monoisotopic (exact) mass is 421 g/mol. The van der Waals surface area contributed by atoms with Gasteiger partial charge < -0.3 is 20.4 Å². The summed E-state index contributed by atoms with van der Waals surface area (Å²) in [6.45, 7) is 3.46. The Kier molecular flexibility index (Phi) is 4.61. The molecule has 6 rings (SSSR count). The third-order valence-corrected chi connectivity index (χ3v) is 5.75. The Labute approximate surface area is 186 Å². The smallest absolute Gasteiger partial charge is 0.128 e. The fraction of sp³-hybridized carbons (Fsp3) is 0.154. The zero-order valence-corrected chi connectivity index (χ0v) is 17.6. The molecule has 0 fully saturated rings. The third kappa shape index (κ3) is 3.60. The highest BCUT2D eigenvalue weighted by Crippen LogP contribution is 2.29. The average Bonchev–Trinajstić information content (AvgIpc) is 3.61.